The summed E-state index contributed by atoms with van der Waals surface area (Å²) in [6.07, 6.45) is 9.42. The van der Waals surface area contributed by atoms with Crippen molar-refractivity contribution in [1.82, 2.24) is 15.0 Å². The van der Waals surface area contributed by atoms with Crippen molar-refractivity contribution in [1.29, 1.82) is 0 Å². The Morgan fingerprint density at radius 3 is 2.62 bits per heavy atom. The van der Waals surface area contributed by atoms with Crippen molar-refractivity contribution < 1.29 is 0 Å². The van der Waals surface area contributed by atoms with Gasteiger partial charge in [-0.3, -0.25) is 5.84 Å². The van der Waals surface area contributed by atoms with Crippen LogP contribution < -0.4 is 11.3 Å². The third-order valence-electron chi connectivity index (χ3n) is 4.42. The third-order valence-corrected chi connectivity index (χ3v) is 4.42. The number of fused-ring (bicyclic) bond motifs is 1. The molecular weight excluding hydrogens is 200 g/mol. The van der Waals surface area contributed by atoms with Gasteiger partial charge in [-0.2, -0.15) is 0 Å². The van der Waals surface area contributed by atoms with Gasteiger partial charge in [0.05, 0.1) is 6.04 Å². The number of aromatic nitrogens is 2. The third kappa shape index (κ3) is 1.48. The molecule has 1 aromatic heterocycles. The summed E-state index contributed by atoms with van der Waals surface area (Å²) in [5, 5.41) is 0. The second-order valence-electron chi connectivity index (χ2n) is 5.23. The molecule has 3 rings (SSSR count). The first kappa shape index (κ1) is 10.3. The summed E-state index contributed by atoms with van der Waals surface area (Å²) in [6, 6.07) is 0.244. The van der Waals surface area contributed by atoms with Crippen molar-refractivity contribution in [2.45, 2.75) is 31.7 Å². The Morgan fingerprint density at radius 1 is 1.44 bits per heavy atom. The molecule has 0 spiro atoms. The zero-order valence-corrected chi connectivity index (χ0v) is 9.76. The molecule has 16 heavy (non-hydrogen) atoms. The summed E-state index contributed by atoms with van der Waals surface area (Å²) >= 11 is 0. The Bertz CT molecular complexity index is 361. The van der Waals surface area contributed by atoms with E-state index in [0.717, 1.165) is 17.7 Å². The average molecular weight is 220 g/mol. The highest BCUT2D eigenvalue weighted by Crippen LogP contribution is 2.59. The lowest BCUT2D eigenvalue weighted by Gasteiger charge is -2.15. The first-order chi connectivity index (χ1) is 7.83. The number of hydrogen-bond acceptors (Lipinski definition) is 3. The minimum atomic E-state index is 0.244. The number of nitrogens with zero attached hydrogens (tertiary/aromatic N) is 2. The molecule has 2 fully saturated rings. The van der Waals surface area contributed by atoms with Crippen LogP contribution in [0, 0.1) is 17.8 Å². The van der Waals surface area contributed by atoms with Crippen molar-refractivity contribution in [2.24, 2.45) is 30.6 Å². The predicted octanol–water partition coefficient (Wildman–Crippen LogP) is 1.36. The molecule has 0 amide bonds. The standard InChI is InChI=1S/C12H20N4/c1-16-7-6-14-12(16)11(15-13)10-8-4-2-3-5-9(8)10/h6-11,15H,2-5,13H2,1H3. The molecule has 3 atom stereocenters. The number of hydrogen-bond donors (Lipinski definition) is 2. The van der Waals surface area contributed by atoms with Gasteiger partial charge in [-0.05, 0) is 30.6 Å². The fourth-order valence-electron chi connectivity index (χ4n) is 3.58. The van der Waals surface area contributed by atoms with Gasteiger partial charge < -0.3 is 4.57 Å². The molecule has 1 heterocycles. The van der Waals surface area contributed by atoms with Gasteiger partial charge in [-0.15, -0.1) is 0 Å². The van der Waals surface area contributed by atoms with Crippen LogP contribution in [0.25, 0.3) is 0 Å². The van der Waals surface area contributed by atoms with Crippen LogP contribution in [-0.4, -0.2) is 9.55 Å². The Labute approximate surface area is 96.2 Å². The maximum atomic E-state index is 5.72. The van der Waals surface area contributed by atoms with Crippen LogP contribution in [0.15, 0.2) is 12.4 Å². The smallest absolute Gasteiger partial charge is 0.127 e. The molecule has 0 bridgehead atoms. The van der Waals surface area contributed by atoms with E-state index in [1.54, 1.807) is 0 Å². The normalized spacial score (nSPS) is 34.5. The van der Waals surface area contributed by atoms with Gasteiger partial charge in [-0.25, -0.2) is 10.4 Å². The van der Waals surface area contributed by atoms with Crippen LogP contribution in [0.3, 0.4) is 0 Å². The zero-order chi connectivity index (χ0) is 11.1. The van der Waals surface area contributed by atoms with E-state index in [4.69, 9.17) is 5.84 Å². The molecule has 1 aromatic rings. The van der Waals surface area contributed by atoms with Crippen molar-refractivity contribution in [3.8, 4) is 0 Å². The fourth-order valence-corrected chi connectivity index (χ4v) is 3.58. The SMILES string of the molecule is Cn1ccnc1C(NN)C1C2CCCCC21. The molecule has 3 N–H and O–H groups in total. The summed E-state index contributed by atoms with van der Waals surface area (Å²) in [5.74, 6) is 9.32. The van der Waals surface area contributed by atoms with Crippen LogP contribution in [0.1, 0.15) is 37.5 Å². The second-order valence-corrected chi connectivity index (χ2v) is 5.23. The minimum Gasteiger partial charge on any atom is -0.337 e. The van der Waals surface area contributed by atoms with E-state index in [0.29, 0.717) is 5.92 Å². The van der Waals surface area contributed by atoms with Gasteiger partial charge in [0, 0.05) is 19.4 Å². The van der Waals surface area contributed by atoms with Gasteiger partial charge >= 0.3 is 0 Å². The number of nitrogens with two attached hydrogens (primary N) is 1. The van der Waals surface area contributed by atoms with Crippen LogP contribution in [0.4, 0.5) is 0 Å². The molecule has 4 heteroatoms. The van der Waals surface area contributed by atoms with Crippen molar-refractivity contribution in [3.05, 3.63) is 18.2 Å². The summed E-state index contributed by atoms with van der Waals surface area (Å²) in [6.45, 7) is 0. The molecule has 4 nitrogen and oxygen atoms in total. The Kier molecular flexibility index (Phi) is 2.48. The highest BCUT2D eigenvalue weighted by Gasteiger charge is 2.55. The number of hydrazine groups is 1. The van der Waals surface area contributed by atoms with E-state index >= 15 is 0 Å². The van der Waals surface area contributed by atoms with Gasteiger partial charge in [-0.1, -0.05) is 12.8 Å². The molecule has 88 valence electrons. The topological polar surface area (TPSA) is 55.9 Å². The molecular formula is C12H20N4. The van der Waals surface area contributed by atoms with E-state index < -0.39 is 0 Å². The van der Waals surface area contributed by atoms with Crippen molar-refractivity contribution in [2.75, 3.05) is 0 Å². The molecule has 2 aliphatic carbocycles. The largest absolute Gasteiger partial charge is 0.337 e. The predicted molar refractivity (Wildman–Crippen MR) is 62.2 cm³/mol. The van der Waals surface area contributed by atoms with Crippen LogP contribution in [0.2, 0.25) is 0 Å². The Balaban J connectivity index is 1.80. The lowest BCUT2D eigenvalue weighted by molar-refractivity contribution is 0.425. The second kappa shape index (κ2) is 3.86. The average Bonchev–Trinajstić information content (AvgIpc) is 2.87. The van der Waals surface area contributed by atoms with E-state index in [1.807, 2.05) is 19.4 Å². The first-order valence-corrected chi connectivity index (χ1v) is 6.26. The maximum absolute atomic E-state index is 5.72. The Morgan fingerprint density at radius 2 is 2.12 bits per heavy atom. The number of imidazole rings is 1. The highest BCUT2D eigenvalue weighted by molar-refractivity contribution is 5.11. The highest BCUT2D eigenvalue weighted by atomic mass is 15.3. The van der Waals surface area contributed by atoms with Gasteiger partial charge in [0.25, 0.3) is 0 Å². The number of rotatable bonds is 3. The number of nitrogens with one attached hydrogen (secondary N) is 1. The summed E-state index contributed by atoms with van der Waals surface area (Å²) < 4.78 is 2.08. The molecule has 0 radical (unpaired) electrons. The minimum absolute atomic E-state index is 0.244. The van der Waals surface area contributed by atoms with E-state index in [2.05, 4.69) is 15.0 Å². The molecule has 0 saturated heterocycles. The van der Waals surface area contributed by atoms with Crippen LogP contribution in [-0.2, 0) is 7.05 Å². The maximum Gasteiger partial charge on any atom is 0.127 e. The van der Waals surface area contributed by atoms with Crippen molar-refractivity contribution >= 4 is 0 Å². The lowest BCUT2D eigenvalue weighted by atomic mass is 10.0. The zero-order valence-electron chi connectivity index (χ0n) is 9.76. The van der Waals surface area contributed by atoms with E-state index in [9.17, 15) is 0 Å². The van der Waals surface area contributed by atoms with Gasteiger partial charge in [0.15, 0.2) is 0 Å². The molecule has 0 aliphatic heterocycles. The van der Waals surface area contributed by atoms with Gasteiger partial charge in [0.1, 0.15) is 5.82 Å². The first-order valence-electron chi connectivity index (χ1n) is 6.26. The van der Waals surface area contributed by atoms with E-state index in [1.165, 1.54) is 25.7 Å². The van der Waals surface area contributed by atoms with E-state index in [-0.39, 0.29) is 6.04 Å². The quantitative estimate of drug-likeness (QED) is 0.597. The number of aryl methyl sites for hydroxylation is 1. The summed E-state index contributed by atoms with van der Waals surface area (Å²) in [7, 11) is 2.04. The molecule has 2 saturated carbocycles. The fraction of sp³-hybridized carbons (Fsp3) is 0.750. The summed E-state index contributed by atoms with van der Waals surface area (Å²) in [5.41, 5.74) is 2.98. The lowest BCUT2D eigenvalue weighted by Crippen LogP contribution is -2.32. The molecule has 0 aromatic carbocycles. The van der Waals surface area contributed by atoms with Crippen molar-refractivity contribution in [3.63, 3.8) is 0 Å². The van der Waals surface area contributed by atoms with Crippen LogP contribution in [0.5, 0.6) is 0 Å². The molecule has 2 aliphatic rings. The van der Waals surface area contributed by atoms with Gasteiger partial charge in [0.2, 0.25) is 0 Å². The van der Waals surface area contributed by atoms with Crippen LogP contribution >= 0.6 is 0 Å². The molecule has 3 unspecified atom stereocenters. The Hall–Kier alpha value is -0.870. The monoisotopic (exact) mass is 220 g/mol. The summed E-state index contributed by atoms with van der Waals surface area (Å²) in [4.78, 5) is 4.43.